The molecule has 0 heterocycles. The first-order valence-corrected chi connectivity index (χ1v) is 6.73. The summed E-state index contributed by atoms with van der Waals surface area (Å²) in [6.45, 7) is 4.29. The quantitative estimate of drug-likeness (QED) is 0.567. The van der Waals surface area contributed by atoms with Gasteiger partial charge in [-0.25, -0.2) is 0 Å². The molecule has 0 spiro atoms. The first-order valence-electron chi connectivity index (χ1n) is 5.50. The Morgan fingerprint density at radius 1 is 1.29 bits per heavy atom. The summed E-state index contributed by atoms with van der Waals surface area (Å²) in [7, 11) is 0. The van der Waals surface area contributed by atoms with Gasteiger partial charge >= 0.3 is 0 Å². The van der Waals surface area contributed by atoms with Crippen LogP contribution in [-0.2, 0) is 0 Å². The molecule has 0 bridgehead atoms. The predicted molar refractivity (Wildman–Crippen MR) is 66.0 cm³/mol. The number of rotatable bonds is 2. The monoisotopic (exact) mass is 214 g/mol. The first-order chi connectivity index (χ1) is 6.63. The minimum atomic E-state index is 0.424. The molecule has 1 aliphatic carbocycles. The van der Waals surface area contributed by atoms with Crippen molar-refractivity contribution in [3.63, 3.8) is 0 Å². The van der Waals surface area contributed by atoms with Gasteiger partial charge in [0, 0.05) is 18.0 Å². The van der Waals surface area contributed by atoms with Gasteiger partial charge in [0.1, 0.15) is 0 Å². The molecule has 0 unspecified atom stereocenters. The van der Waals surface area contributed by atoms with E-state index in [1.54, 1.807) is 0 Å². The van der Waals surface area contributed by atoms with Crippen LogP contribution in [0.15, 0.2) is 4.99 Å². The second-order valence-corrected chi connectivity index (χ2v) is 5.20. The largest absolute Gasteiger partial charge is 0.328 e. The second kappa shape index (κ2) is 5.76. The van der Waals surface area contributed by atoms with Crippen molar-refractivity contribution in [1.82, 2.24) is 0 Å². The van der Waals surface area contributed by atoms with E-state index in [9.17, 15) is 0 Å². The van der Waals surface area contributed by atoms with Gasteiger partial charge in [0.25, 0.3) is 0 Å². The maximum Gasteiger partial charge on any atom is 0.0707 e. The van der Waals surface area contributed by atoms with E-state index >= 15 is 0 Å². The summed E-state index contributed by atoms with van der Waals surface area (Å²) in [6.07, 6.45) is 6.93. The molecule has 1 aliphatic rings. The molecule has 0 aromatic heterocycles. The Morgan fingerprint density at radius 3 is 2.29 bits per heavy atom. The number of hydrogen-bond donors (Lipinski definition) is 1. The van der Waals surface area contributed by atoms with Crippen LogP contribution < -0.4 is 5.73 Å². The normalized spacial score (nSPS) is 29.6. The van der Waals surface area contributed by atoms with Gasteiger partial charge in [-0.15, -0.1) is 11.8 Å². The van der Waals surface area contributed by atoms with Crippen molar-refractivity contribution in [3.8, 4) is 0 Å². The molecule has 0 atom stereocenters. The SMILES string of the molecule is CSC(=NC(C)C)C1CCC(N)CC1. The van der Waals surface area contributed by atoms with Gasteiger partial charge in [0.05, 0.1) is 5.04 Å². The molecule has 0 radical (unpaired) electrons. The minimum Gasteiger partial charge on any atom is -0.328 e. The minimum absolute atomic E-state index is 0.424. The second-order valence-electron chi connectivity index (χ2n) is 4.38. The predicted octanol–water partition coefficient (Wildman–Crippen LogP) is 2.67. The van der Waals surface area contributed by atoms with Crippen LogP contribution >= 0.6 is 11.8 Å². The van der Waals surface area contributed by atoms with Crippen LogP contribution in [0, 0.1) is 5.92 Å². The van der Waals surface area contributed by atoms with Crippen molar-refractivity contribution >= 4 is 16.8 Å². The number of nitrogens with two attached hydrogens (primary N) is 1. The van der Waals surface area contributed by atoms with Crippen molar-refractivity contribution in [2.24, 2.45) is 16.6 Å². The van der Waals surface area contributed by atoms with Gasteiger partial charge in [-0.3, -0.25) is 4.99 Å². The molecular formula is C11H22N2S. The maximum atomic E-state index is 5.89. The van der Waals surface area contributed by atoms with Crippen molar-refractivity contribution in [3.05, 3.63) is 0 Å². The third kappa shape index (κ3) is 3.62. The number of aliphatic imine (C=N–C) groups is 1. The fourth-order valence-electron chi connectivity index (χ4n) is 1.95. The molecule has 3 heteroatoms. The van der Waals surface area contributed by atoms with E-state index in [-0.39, 0.29) is 0 Å². The third-order valence-electron chi connectivity index (χ3n) is 2.72. The number of hydrogen-bond acceptors (Lipinski definition) is 3. The Labute approximate surface area is 91.7 Å². The molecule has 2 N–H and O–H groups in total. The average molecular weight is 214 g/mol. The summed E-state index contributed by atoms with van der Waals surface area (Å²) in [5.41, 5.74) is 5.89. The smallest absolute Gasteiger partial charge is 0.0707 e. The first kappa shape index (κ1) is 12.1. The molecule has 2 nitrogen and oxygen atoms in total. The number of thioether (sulfide) groups is 1. The zero-order chi connectivity index (χ0) is 10.6. The van der Waals surface area contributed by atoms with Gasteiger partial charge in [-0.1, -0.05) is 0 Å². The van der Waals surface area contributed by atoms with Crippen molar-refractivity contribution < 1.29 is 0 Å². The lowest BCUT2D eigenvalue weighted by Gasteiger charge is -2.26. The maximum absolute atomic E-state index is 5.89. The Bertz CT molecular complexity index is 193. The van der Waals surface area contributed by atoms with Crippen LogP contribution in [0.1, 0.15) is 39.5 Å². The van der Waals surface area contributed by atoms with Gasteiger partial charge < -0.3 is 5.73 Å². The molecular weight excluding hydrogens is 192 g/mol. The van der Waals surface area contributed by atoms with E-state index < -0.39 is 0 Å². The van der Waals surface area contributed by atoms with Crippen LogP contribution in [0.2, 0.25) is 0 Å². The van der Waals surface area contributed by atoms with E-state index in [1.165, 1.54) is 30.7 Å². The molecule has 1 saturated carbocycles. The lowest BCUT2D eigenvalue weighted by molar-refractivity contribution is 0.393. The van der Waals surface area contributed by atoms with Crippen LogP contribution in [0.3, 0.4) is 0 Å². The van der Waals surface area contributed by atoms with E-state index in [0.717, 1.165) is 0 Å². The number of nitrogens with zero attached hydrogens (tertiary/aromatic N) is 1. The van der Waals surface area contributed by atoms with E-state index in [1.807, 2.05) is 11.8 Å². The Morgan fingerprint density at radius 2 is 1.86 bits per heavy atom. The highest BCUT2D eigenvalue weighted by atomic mass is 32.2. The fourth-order valence-corrected chi connectivity index (χ4v) is 2.83. The lowest BCUT2D eigenvalue weighted by Crippen LogP contribution is -2.29. The zero-order valence-electron chi connectivity index (χ0n) is 9.49. The Kier molecular flexibility index (Phi) is 4.96. The highest BCUT2D eigenvalue weighted by Crippen LogP contribution is 2.28. The lowest BCUT2D eigenvalue weighted by atomic mass is 9.87. The topological polar surface area (TPSA) is 38.4 Å². The van der Waals surface area contributed by atoms with Crippen LogP contribution in [0.25, 0.3) is 0 Å². The molecule has 82 valence electrons. The third-order valence-corrected chi connectivity index (χ3v) is 3.57. The molecule has 0 aromatic rings. The molecule has 1 rings (SSSR count). The summed E-state index contributed by atoms with van der Waals surface area (Å²) in [5.74, 6) is 0.687. The zero-order valence-corrected chi connectivity index (χ0v) is 10.3. The Hall–Kier alpha value is -0.0200. The molecule has 0 amide bonds. The summed E-state index contributed by atoms with van der Waals surface area (Å²) < 4.78 is 0. The molecule has 0 saturated heterocycles. The summed E-state index contributed by atoms with van der Waals surface area (Å²) >= 11 is 1.82. The van der Waals surface area contributed by atoms with Crippen molar-refractivity contribution in [2.45, 2.75) is 51.6 Å². The summed E-state index contributed by atoms with van der Waals surface area (Å²) in [5, 5.41) is 1.34. The standard InChI is InChI=1S/C11H22N2S/c1-8(2)13-11(14-3)9-4-6-10(12)7-5-9/h8-10H,4-7,12H2,1-3H3. The highest BCUT2D eigenvalue weighted by molar-refractivity contribution is 8.13. The molecule has 0 aliphatic heterocycles. The van der Waals surface area contributed by atoms with E-state index in [0.29, 0.717) is 18.0 Å². The van der Waals surface area contributed by atoms with Gasteiger partial charge in [-0.05, 0) is 45.8 Å². The van der Waals surface area contributed by atoms with Crippen molar-refractivity contribution in [1.29, 1.82) is 0 Å². The highest BCUT2D eigenvalue weighted by Gasteiger charge is 2.22. The Balaban J connectivity index is 2.53. The molecule has 14 heavy (non-hydrogen) atoms. The van der Waals surface area contributed by atoms with Gasteiger partial charge in [0.2, 0.25) is 0 Å². The van der Waals surface area contributed by atoms with Crippen molar-refractivity contribution in [2.75, 3.05) is 6.26 Å². The van der Waals surface area contributed by atoms with Gasteiger partial charge in [-0.2, -0.15) is 0 Å². The summed E-state index contributed by atoms with van der Waals surface area (Å²) in [6, 6.07) is 0.862. The summed E-state index contributed by atoms with van der Waals surface area (Å²) in [4.78, 5) is 4.68. The van der Waals surface area contributed by atoms with E-state index in [4.69, 9.17) is 5.73 Å². The van der Waals surface area contributed by atoms with E-state index in [2.05, 4.69) is 25.1 Å². The van der Waals surface area contributed by atoms with Crippen LogP contribution in [0.5, 0.6) is 0 Å². The average Bonchev–Trinajstić information content (AvgIpc) is 2.15. The van der Waals surface area contributed by atoms with Crippen LogP contribution in [-0.4, -0.2) is 23.4 Å². The van der Waals surface area contributed by atoms with Gasteiger partial charge in [0.15, 0.2) is 0 Å². The molecule has 1 fully saturated rings. The fraction of sp³-hybridized carbons (Fsp3) is 0.909. The molecule has 0 aromatic carbocycles. The van der Waals surface area contributed by atoms with Crippen LogP contribution in [0.4, 0.5) is 0 Å².